The van der Waals surface area contributed by atoms with Crippen molar-refractivity contribution < 1.29 is 0 Å². The van der Waals surface area contributed by atoms with Gasteiger partial charge in [-0.3, -0.25) is 0 Å². The molecule has 1 saturated carbocycles. The first-order valence-corrected chi connectivity index (χ1v) is 7.30. The molecule has 0 bridgehead atoms. The molecule has 1 atom stereocenters. The summed E-state index contributed by atoms with van der Waals surface area (Å²) in [6.07, 6.45) is 2.77. The molecule has 1 unspecified atom stereocenters. The van der Waals surface area contributed by atoms with Crippen molar-refractivity contribution in [1.82, 2.24) is 4.98 Å². The maximum Gasteiger partial charge on any atom is 0.186 e. The number of thiazole rings is 1. The van der Waals surface area contributed by atoms with Crippen molar-refractivity contribution in [3.05, 3.63) is 10.6 Å². The molecule has 1 fully saturated rings. The number of nitrogens with zero attached hydrogens (tertiary/aromatic N) is 2. The topological polar surface area (TPSA) is 42.2 Å². The van der Waals surface area contributed by atoms with Gasteiger partial charge in [-0.1, -0.05) is 0 Å². The Bertz CT molecular complexity index is 380. The SMILES string of the molecule is Cc1nc(N(CC2CC2)C(C)C)sc1C(C)N. The monoisotopic (exact) mass is 253 g/mol. The molecule has 4 heteroatoms. The number of nitrogens with two attached hydrogens (primary N) is 1. The quantitative estimate of drug-likeness (QED) is 0.877. The molecule has 17 heavy (non-hydrogen) atoms. The minimum absolute atomic E-state index is 0.0937. The summed E-state index contributed by atoms with van der Waals surface area (Å²) >= 11 is 1.76. The van der Waals surface area contributed by atoms with E-state index in [2.05, 4.69) is 25.7 Å². The summed E-state index contributed by atoms with van der Waals surface area (Å²) in [5, 5.41) is 1.15. The molecule has 1 aliphatic carbocycles. The molecule has 1 heterocycles. The zero-order valence-electron chi connectivity index (χ0n) is 11.2. The average Bonchev–Trinajstić information content (AvgIpc) is 2.97. The summed E-state index contributed by atoms with van der Waals surface area (Å²) < 4.78 is 0. The minimum Gasteiger partial charge on any atom is -0.345 e. The summed E-state index contributed by atoms with van der Waals surface area (Å²) in [5.41, 5.74) is 7.07. The van der Waals surface area contributed by atoms with E-state index in [1.165, 1.54) is 17.7 Å². The van der Waals surface area contributed by atoms with Crippen LogP contribution >= 0.6 is 11.3 Å². The van der Waals surface area contributed by atoms with Crippen LogP contribution in [0.25, 0.3) is 0 Å². The van der Waals surface area contributed by atoms with Crippen LogP contribution in [0, 0.1) is 12.8 Å². The van der Waals surface area contributed by atoms with Gasteiger partial charge in [0.2, 0.25) is 0 Å². The van der Waals surface area contributed by atoms with E-state index < -0.39 is 0 Å². The Morgan fingerprint density at radius 1 is 1.41 bits per heavy atom. The van der Waals surface area contributed by atoms with Gasteiger partial charge >= 0.3 is 0 Å². The first kappa shape index (κ1) is 12.8. The molecule has 3 nitrogen and oxygen atoms in total. The van der Waals surface area contributed by atoms with Crippen molar-refractivity contribution >= 4 is 16.5 Å². The lowest BCUT2D eigenvalue weighted by Gasteiger charge is -2.26. The fraction of sp³-hybridized carbons (Fsp3) is 0.769. The Morgan fingerprint density at radius 2 is 2.06 bits per heavy atom. The van der Waals surface area contributed by atoms with Gasteiger partial charge in [-0.15, -0.1) is 11.3 Å². The first-order valence-electron chi connectivity index (χ1n) is 6.48. The van der Waals surface area contributed by atoms with Crippen molar-refractivity contribution in [2.24, 2.45) is 11.7 Å². The molecule has 96 valence electrons. The summed E-state index contributed by atoms with van der Waals surface area (Å²) in [6.45, 7) is 9.73. The van der Waals surface area contributed by atoms with E-state index in [4.69, 9.17) is 10.7 Å². The van der Waals surface area contributed by atoms with Crippen LogP contribution in [-0.2, 0) is 0 Å². The molecule has 2 rings (SSSR count). The molecular formula is C13H23N3S. The number of aromatic nitrogens is 1. The summed E-state index contributed by atoms with van der Waals surface area (Å²) in [4.78, 5) is 8.35. The van der Waals surface area contributed by atoms with E-state index in [1.54, 1.807) is 11.3 Å². The van der Waals surface area contributed by atoms with Crippen molar-refractivity contribution in [3.8, 4) is 0 Å². The Balaban J connectivity index is 2.19. The normalized spacial score (nSPS) is 17.5. The van der Waals surface area contributed by atoms with Gasteiger partial charge in [-0.25, -0.2) is 4.98 Å². The molecule has 1 aliphatic rings. The zero-order valence-corrected chi connectivity index (χ0v) is 12.0. The van der Waals surface area contributed by atoms with Gasteiger partial charge in [0, 0.05) is 23.5 Å². The summed E-state index contributed by atoms with van der Waals surface area (Å²) in [6, 6.07) is 0.610. The third kappa shape index (κ3) is 2.99. The molecule has 1 aromatic heterocycles. The number of rotatable bonds is 5. The van der Waals surface area contributed by atoms with E-state index in [9.17, 15) is 0 Å². The number of hydrogen-bond donors (Lipinski definition) is 1. The first-order chi connectivity index (χ1) is 7.99. The van der Waals surface area contributed by atoms with Gasteiger partial charge in [0.05, 0.1) is 5.69 Å². The highest BCUT2D eigenvalue weighted by Crippen LogP contribution is 2.35. The highest BCUT2D eigenvalue weighted by molar-refractivity contribution is 7.15. The van der Waals surface area contributed by atoms with Gasteiger partial charge < -0.3 is 10.6 Å². The third-order valence-electron chi connectivity index (χ3n) is 3.26. The lowest BCUT2D eigenvalue weighted by Crippen LogP contribution is -2.32. The van der Waals surface area contributed by atoms with Gasteiger partial charge in [-0.05, 0) is 46.5 Å². The van der Waals surface area contributed by atoms with Crippen LogP contribution in [0.3, 0.4) is 0 Å². The Morgan fingerprint density at radius 3 is 2.47 bits per heavy atom. The van der Waals surface area contributed by atoms with Gasteiger partial charge in [0.1, 0.15) is 0 Å². The third-order valence-corrected chi connectivity index (χ3v) is 4.65. The van der Waals surface area contributed by atoms with Crippen molar-refractivity contribution in [3.63, 3.8) is 0 Å². The number of hydrogen-bond acceptors (Lipinski definition) is 4. The second kappa shape index (κ2) is 4.94. The number of anilines is 1. The molecule has 0 radical (unpaired) electrons. The van der Waals surface area contributed by atoms with E-state index in [0.29, 0.717) is 6.04 Å². The molecule has 0 amide bonds. The Kier molecular flexibility index (Phi) is 3.73. The maximum absolute atomic E-state index is 5.97. The minimum atomic E-state index is 0.0937. The highest BCUT2D eigenvalue weighted by Gasteiger charge is 2.27. The van der Waals surface area contributed by atoms with Gasteiger partial charge in [-0.2, -0.15) is 0 Å². The molecule has 0 aliphatic heterocycles. The smallest absolute Gasteiger partial charge is 0.186 e. The van der Waals surface area contributed by atoms with Crippen LogP contribution < -0.4 is 10.6 Å². The Labute approximate surface area is 108 Å². The predicted octanol–water partition coefficient (Wildman–Crippen LogP) is 3.10. The zero-order chi connectivity index (χ0) is 12.6. The fourth-order valence-electron chi connectivity index (χ4n) is 2.03. The van der Waals surface area contributed by atoms with Crippen LogP contribution in [0.15, 0.2) is 0 Å². The molecule has 0 aromatic carbocycles. The second-order valence-electron chi connectivity index (χ2n) is 5.42. The molecular weight excluding hydrogens is 230 g/mol. The van der Waals surface area contributed by atoms with E-state index in [0.717, 1.165) is 23.3 Å². The van der Waals surface area contributed by atoms with Crippen molar-refractivity contribution in [1.29, 1.82) is 0 Å². The lowest BCUT2D eigenvalue weighted by molar-refractivity contribution is 0.642. The summed E-state index contributed by atoms with van der Waals surface area (Å²) in [7, 11) is 0. The van der Waals surface area contributed by atoms with Crippen molar-refractivity contribution in [2.75, 3.05) is 11.4 Å². The Hall–Kier alpha value is -0.610. The lowest BCUT2D eigenvalue weighted by atomic mass is 10.2. The van der Waals surface area contributed by atoms with Crippen LogP contribution in [0.2, 0.25) is 0 Å². The highest BCUT2D eigenvalue weighted by atomic mass is 32.1. The van der Waals surface area contributed by atoms with Crippen LogP contribution in [-0.4, -0.2) is 17.6 Å². The second-order valence-corrected chi connectivity index (χ2v) is 6.43. The van der Waals surface area contributed by atoms with Gasteiger partial charge in [0.25, 0.3) is 0 Å². The molecule has 0 saturated heterocycles. The van der Waals surface area contributed by atoms with Gasteiger partial charge in [0.15, 0.2) is 5.13 Å². The fourth-order valence-corrected chi connectivity index (χ4v) is 3.19. The standard InChI is InChI=1S/C13H23N3S/c1-8(2)16(7-11-5-6-11)13-15-10(4)12(17-13)9(3)14/h8-9,11H,5-7,14H2,1-4H3. The van der Waals surface area contributed by atoms with Crippen LogP contribution in [0.4, 0.5) is 5.13 Å². The average molecular weight is 253 g/mol. The largest absolute Gasteiger partial charge is 0.345 e. The molecule has 2 N–H and O–H groups in total. The van der Waals surface area contributed by atoms with Crippen molar-refractivity contribution in [2.45, 2.75) is 52.6 Å². The van der Waals surface area contributed by atoms with E-state index in [-0.39, 0.29) is 6.04 Å². The van der Waals surface area contributed by atoms with Crippen LogP contribution in [0.1, 0.15) is 50.2 Å². The predicted molar refractivity (Wildman–Crippen MR) is 74.7 cm³/mol. The number of aryl methyl sites for hydroxylation is 1. The van der Waals surface area contributed by atoms with Crippen LogP contribution in [0.5, 0.6) is 0 Å². The maximum atomic E-state index is 5.97. The van der Waals surface area contributed by atoms with E-state index >= 15 is 0 Å². The molecule has 0 spiro atoms. The molecule has 1 aromatic rings. The summed E-state index contributed by atoms with van der Waals surface area (Å²) in [5.74, 6) is 0.889. The van der Waals surface area contributed by atoms with E-state index in [1.807, 2.05) is 6.92 Å².